The quantitative estimate of drug-likeness (QED) is 0.278. The van der Waals surface area contributed by atoms with Gasteiger partial charge in [0.25, 0.3) is 0 Å². The highest BCUT2D eigenvalue weighted by atomic mass is 16.3. The van der Waals surface area contributed by atoms with Crippen molar-refractivity contribution in [1.29, 1.82) is 0 Å². The van der Waals surface area contributed by atoms with Gasteiger partial charge in [-0.3, -0.25) is 9.97 Å². The van der Waals surface area contributed by atoms with Gasteiger partial charge in [0.2, 0.25) is 0 Å². The summed E-state index contributed by atoms with van der Waals surface area (Å²) in [4.78, 5) is 9.32. The molecule has 3 aromatic carbocycles. The minimum Gasteiger partial charge on any atom is -0.454 e. The summed E-state index contributed by atoms with van der Waals surface area (Å²) in [7, 11) is 0. The molecule has 0 aliphatic carbocycles. The second-order valence-corrected chi connectivity index (χ2v) is 8.48. The third kappa shape index (κ3) is 2.78. The molecule has 1 unspecified atom stereocenters. The maximum atomic E-state index is 9.19. The van der Waals surface area contributed by atoms with Gasteiger partial charge >= 0.3 is 0 Å². The first-order valence-electron chi connectivity index (χ1n) is 11.8. The zero-order valence-corrected chi connectivity index (χ0v) is 18.4. The van der Waals surface area contributed by atoms with Gasteiger partial charge in [-0.1, -0.05) is 67.6 Å². The van der Waals surface area contributed by atoms with Gasteiger partial charge in [-0.25, -0.2) is 0 Å². The highest BCUT2D eigenvalue weighted by Gasteiger charge is 2.20. The van der Waals surface area contributed by atoms with E-state index in [1.165, 1.54) is 0 Å². The molecule has 162 valence electrons. The summed E-state index contributed by atoms with van der Waals surface area (Å²) in [5.74, 6) is -1.07. The van der Waals surface area contributed by atoms with Crippen molar-refractivity contribution in [3.8, 4) is 11.3 Å². The average Bonchev–Trinajstić information content (AvgIpc) is 3.47. The van der Waals surface area contributed by atoms with E-state index in [-0.39, 0.29) is 0 Å². The Morgan fingerprint density at radius 2 is 1.50 bits per heavy atom. The van der Waals surface area contributed by atoms with Gasteiger partial charge in [-0.05, 0) is 29.8 Å². The summed E-state index contributed by atoms with van der Waals surface area (Å²) in [6.07, 6.45) is 3.53. The molecular weight excluding hydrogens is 420 g/mol. The minimum absolute atomic E-state index is 0.590. The summed E-state index contributed by atoms with van der Waals surface area (Å²) < 4.78 is 21.7. The number of rotatable bonds is 3. The Bertz CT molecular complexity index is 1880. The lowest BCUT2D eigenvalue weighted by atomic mass is 9.96. The van der Waals surface area contributed by atoms with Crippen molar-refractivity contribution in [3.05, 3.63) is 109 Å². The summed E-state index contributed by atoms with van der Waals surface area (Å²) in [6.45, 7) is 1.86. The molecule has 0 fully saturated rings. The largest absolute Gasteiger partial charge is 0.454 e. The number of para-hydroxylation sites is 2. The minimum atomic E-state index is -1.07. The van der Waals surface area contributed by atoms with E-state index < -0.39 is 5.89 Å². The number of pyridine rings is 2. The van der Waals surface area contributed by atoms with Crippen LogP contribution in [0.4, 0.5) is 0 Å². The number of hydrogen-bond acceptors (Lipinski definition) is 4. The monoisotopic (exact) mass is 441 g/mol. The van der Waals surface area contributed by atoms with Crippen LogP contribution in [0.2, 0.25) is 0 Å². The van der Waals surface area contributed by atoms with Crippen molar-refractivity contribution >= 4 is 43.9 Å². The van der Waals surface area contributed by atoms with Gasteiger partial charge in [0.1, 0.15) is 11.2 Å². The van der Waals surface area contributed by atoms with Crippen molar-refractivity contribution in [3.63, 3.8) is 0 Å². The van der Waals surface area contributed by atoms with E-state index in [9.17, 15) is 1.37 Å². The normalized spacial score (nSPS) is 14.1. The lowest BCUT2D eigenvalue weighted by molar-refractivity contribution is 0.654. The summed E-state index contributed by atoms with van der Waals surface area (Å²) in [6, 6.07) is 27.8. The molecule has 1 atom stereocenters. The van der Waals surface area contributed by atoms with Crippen LogP contribution >= 0.6 is 0 Å². The molecule has 0 aliphatic rings. The molecule has 0 N–H and O–H groups in total. The molecule has 0 aliphatic heterocycles. The summed E-state index contributed by atoms with van der Waals surface area (Å²) >= 11 is 0. The SMILES string of the molecule is [2H]C(C)(c1ccccc1)c1nccc2c1oc1c(-c3cc4c(cn3)oc3ccccc34)cccc12. The van der Waals surface area contributed by atoms with E-state index in [0.29, 0.717) is 11.3 Å². The van der Waals surface area contributed by atoms with Crippen molar-refractivity contribution in [2.75, 3.05) is 0 Å². The van der Waals surface area contributed by atoms with Crippen LogP contribution in [0.5, 0.6) is 0 Å². The van der Waals surface area contributed by atoms with E-state index in [0.717, 1.165) is 55.1 Å². The molecule has 0 radical (unpaired) electrons. The topological polar surface area (TPSA) is 52.1 Å². The molecule has 4 heterocycles. The van der Waals surface area contributed by atoms with Crippen molar-refractivity contribution < 1.29 is 10.2 Å². The van der Waals surface area contributed by atoms with Crippen LogP contribution in [-0.4, -0.2) is 9.97 Å². The highest BCUT2D eigenvalue weighted by molar-refractivity contribution is 6.11. The molecule has 4 nitrogen and oxygen atoms in total. The second kappa shape index (κ2) is 7.29. The average molecular weight is 442 g/mol. The van der Waals surface area contributed by atoms with Crippen molar-refractivity contribution in [2.24, 2.45) is 0 Å². The number of nitrogens with zero attached hydrogens (tertiary/aromatic N) is 2. The molecule has 4 heteroatoms. The predicted molar refractivity (Wildman–Crippen MR) is 136 cm³/mol. The molecule has 0 spiro atoms. The molecule has 4 aromatic heterocycles. The first-order valence-corrected chi connectivity index (χ1v) is 11.3. The van der Waals surface area contributed by atoms with Crippen LogP contribution in [-0.2, 0) is 0 Å². The fourth-order valence-corrected chi connectivity index (χ4v) is 4.80. The van der Waals surface area contributed by atoms with Crippen molar-refractivity contribution in [1.82, 2.24) is 9.97 Å². The van der Waals surface area contributed by atoms with Crippen LogP contribution in [0.25, 0.3) is 55.1 Å². The third-order valence-electron chi connectivity index (χ3n) is 6.52. The predicted octanol–water partition coefficient (Wildman–Crippen LogP) is 8.09. The van der Waals surface area contributed by atoms with Crippen molar-refractivity contribution in [2.45, 2.75) is 12.8 Å². The molecule has 0 amide bonds. The van der Waals surface area contributed by atoms with E-state index in [1.807, 2.05) is 79.7 Å². The maximum Gasteiger partial charge on any atom is 0.157 e. The van der Waals surface area contributed by atoms with E-state index >= 15 is 0 Å². The third-order valence-corrected chi connectivity index (χ3v) is 6.52. The second-order valence-electron chi connectivity index (χ2n) is 8.48. The van der Waals surface area contributed by atoms with E-state index in [1.54, 1.807) is 12.4 Å². The highest BCUT2D eigenvalue weighted by Crippen LogP contribution is 2.39. The molecule has 0 saturated carbocycles. The smallest absolute Gasteiger partial charge is 0.157 e. The number of furan rings is 2. The van der Waals surface area contributed by atoms with Gasteiger partial charge in [-0.2, -0.15) is 0 Å². The Labute approximate surface area is 196 Å². The van der Waals surface area contributed by atoms with Gasteiger partial charge in [0, 0.05) is 40.6 Å². The number of benzene rings is 3. The zero-order valence-electron chi connectivity index (χ0n) is 19.4. The lowest BCUT2D eigenvalue weighted by Crippen LogP contribution is -1.99. The van der Waals surface area contributed by atoms with Crippen LogP contribution in [0.3, 0.4) is 0 Å². The zero-order chi connectivity index (χ0) is 23.6. The van der Waals surface area contributed by atoms with Crippen LogP contribution < -0.4 is 0 Å². The Morgan fingerprint density at radius 1 is 0.706 bits per heavy atom. The number of hydrogen-bond donors (Lipinski definition) is 0. The number of fused-ring (bicyclic) bond motifs is 6. The molecule has 0 saturated heterocycles. The Kier molecular flexibility index (Phi) is 3.87. The standard InChI is InChI=1S/C30H20N2O2/c1-18(19-8-3-2-4-9-19)28-30-22(14-15-31-28)21-11-7-12-23(29(21)34-30)25-16-24-20-10-5-6-13-26(20)33-27(24)17-32-25/h2-18H,1H3/i18D. The summed E-state index contributed by atoms with van der Waals surface area (Å²) in [5, 5.41) is 3.99. The van der Waals surface area contributed by atoms with Crippen LogP contribution in [0.1, 0.15) is 25.4 Å². The first-order chi connectivity index (χ1) is 17.1. The Morgan fingerprint density at radius 3 is 2.41 bits per heavy atom. The van der Waals surface area contributed by atoms with Gasteiger partial charge < -0.3 is 8.83 Å². The van der Waals surface area contributed by atoms with E-state index in [4.69, 9.17) is 13.8 Å². The Balaban J connectivity index is 1.47. The Hall–Kier alpha value is -4.44. The fraction of sp³-hybridized carbons (Fsp3) is 0.0667. The van der Waals surface area contributed by atoms with Crippen LogP contribution in [0, 0.1) is 0 Å². The maximum absolute atomic E-state index is 9.19. The first kappa shape index (κ1) is 18.0. The van der Waals surface area contributed by atoms with Gasteiger partial charge in [-0.15, -0.1) is 0 Å². The molecule has 7 aromatic rings. The van der Waals surface area contributed by atoms with E-state index in [2.05, 4.69) is 17.1 Å². The molecular formula is C30H20N2O2. The fourth-order valence-electron chi connectivity index (χ4n) is 4.80. The van der Waals surface area contributed by atoms with Crippen LogP contribution in [0.15, 0.2) is 106 Å². The molecule has 7 rings (SSSR count). The molecule has 34 heavy (non-hydrogen) atoms. The number of aromatic nitrogens is 2. The van der Waals surface area contributed by atoms with Gasteiger partial charge in [0.15, 0.2) is 11.2 Å². The lowest BCUT2D eigenvalue weighted by Gasteiger charge is -2.11. The molecule has 0 bridgehead atoms. The van der Waals surface area contributed by atoms with Gasteiger partial charge in [0.05, 0.1) is 17.6 Å². The summed E-state index contributed by atoms with van der Waals surface area (Å²) in [5.41, 5.74) is 6.11.